The Morgan fingerprint density at radius 2 is 1.57 bits per heavy atom. The second-order valence-electron chi connectivity index (χ2n) is 12.7. The number of urea groups is 1. The highest BCUT2D eigenvalue weighted by Gasteiger charge is 2.56. The Hall–Kier alpha value is -2.32. The largest absolute Gasteiger partial charge is 0.391 e. The average molecular weight is 633 g/mol. The van der Waals surface area contributed by atoms with Gasteiger partial charge in [0.25, 0.3) is 0 Å². The Morgan fingerprint density at radius 3 is 2.12 bits per heavy atom. The van der Waals surface area contributed by atoms with Crippen LogP contribution in [-0.2, 0) is 19.9 Å². The molecule has 0 saturated heterocycles. The van der Waals surface area contributed by atoms with Gasteiger partial charge in [-0.3, -0.25) is 4.90 Å². The molecule has 0 aromatic rings. The van der Waals surface area contributed by atoms with E-state index >= 15 is 0 Å². The van der Waals surface area contributed by atoms with Crippen molar-refractivity contribution in [2.45, 2.75) is 113 Å². The summed E-state index contributed by atoms with van der Waals surface area (Å²) in [5.41, 5.74) is -0.0516. The van der Waals surface area contributed by atoms with Crippen LogP contribution in [0.15, 0.2) is 11.3 Å². The maximum absolute atomic E-state index is 14.4. The van der Waals surface area contributed by atoms with E-state index in [-0.39, 0.29) is 68.6 Å². The normalized spacial score (nSPS) is 35.5. The first-order valence-corrected chi connectivity index (χ1v) is 18.1. The number of halogens is 3. The van der Waals surface area contributed by atoms with Gasteiger partial charge in [0.1, 0.15) is 0 Å². The van der Waals surface area contributed by atoms with E-state index in [0.717, 1.165) is 11.2 Å². The fourth-order valence-electron chi connectivity index (χ4n) is 7.57. The van der Waals surface area contributed by atoms with Crippen molar-refractivity contribution in [1.29, 1.82) is 10.5 Å². The molecule has 2 amide bonds. The van der Waals surface area contributed by atoms with Crippen LogP contribution >= 0.6 is 0 Å². The van der Waals surface area contributed by atoms with Crippen molar-refractivity contribution in [1.82, 2.24) is 9.21 Å². The van der Waals surface area contributed by atoms with Crippen molar-refractivity contribution in [2.24, 2.45) is 23.7 Å². The van der Waals surface area contributed by atoms with E-state index in [0.29, 0.717) is 17.1 Å². The molecule has 0 bridgehead atoms. The van der Waals surface area contributed by atoms with E-state index in [1.807, 2.05) is 13.0 Å². The highest BCUT2D eigenvalue weighted by molar-refractivity contribution is 7.91. The fourth-order valence-corrected chi connectivity index (χ4v) is 11.1. The Bertz CT molecular complexity index is 1390. The summed E-state index contributed by atoms with van der Waals surface area (Å²) in [6, 6.07) is 0.725. The number of alkyl halides is 3. The van der Waals surface area contributed by atoms with Crippen molar-refractivity contribution in [2.75, 3.05) is 6.26 Å². The third kappa shape index (κ3) is 6.17. The molecule has 0 aromatic carbocycles. The van der Waals surface area contributed by atoms with Crippen LogP contribution in [0.5, 0.6) is 0 Å². The van der Waals surface area contributed by atoms with Gasteiger partial charge in [0.15, 0.2) is 9.84 Å². The van der Waals surface area contributed by atoms with E-state index < -0.39 is 78.8 Å². The SMILES string of the molecule is CC1=C(C#N)[C@@H](C2CCC(C#N)CC2S(C)(=O)=O)N(S(=O)(=O)C2CCC(C)CC2)C(=O)N1C1CCCC(C(F)(F)F)C1. The third-order valence-electron chi connectivity index (χ3n) is 9.93. The zero-order valence-electron chi connectivity index (χ0n) is 24.2. The maximum Gasteiger partial charge on any atom is 0.391 e. The van der Waals surface area contributed by atoms with Gasteiger partial charge in [0, 0.05) is 29.8 Å². The molecule has 9 nitrogen and oxygen atoms in total. The molecule has 6 atom stereocenters. The summed E-state index contributed by atoms with van der Waals surface area (Å²) in [6.07, 6.45) is -1.52. The first kappa shape index (κ1) is 32.6. The van der Waals surface area contributed by atoms with Gasteiger partial charge in [-0.2, -0.15) is 23.7 Å². The Morgan fingerprint density at radius 1 is 0.929 bits per heavy atom. The molecule has 0 aromatic heterocycles. The molecule has 3 saturated carbocycles. The van der Waals surface area contributed by atoms with Gasteiger partial charge in [-0.25, -0.2) is 25.9 Å². The molecule has 234 valence electrons. The lowest BCUT2D eigenvalue weighted by Crippen LogP contribution is -2.63. The molecule has 0 spiro atoms. The van der Waals surface area contributed by atoms with E-state index in [1.165, 1.54) is 6.92 Å². The minimum absolute atomic E-state index is 0.0587. The van der Waals surface area contributed by atoms with Crippen LogP contribution in [-0.4, -0.2) is 67.1 Å². The highest BCUT2D eigenvalue weighted by Crippen LogP contribution is 2.46. The Kier molecular flexibility index (Phi) is 9.30. The van der Waals surface area contributed by atoms with Crippen LogP contribution in [0.3, 0.4) is 0 Å². The maximum atomic E-state index is 14.4. The number of carbonyl (C=O) groups is 1. The molecule has 14 heteroatoms. The van der Waals surface area contributed by atoms with Gasteiger partial charge < -0.3 is 0 Å². The zero-order chi connectivity index (χ0) is 31.2. The molecule has 3 aliphatic carbocycles. The highest BCUT2D eigenvalue weighted by atomic mass is 32.2. The average Bonchev–Trinajstić information content (AvgIpc) is 2.91. The summed E-state index contributed by atoms with van der Waals surface area (Å²) < 4.78 is 96.6. The van der Waals surface area contributed by atoms with Crippen LogP contribution < -0.4 is 0 Å². The molecule has 42 heavy (non-hydrogen) atoms. The summed E-state index contributed by atoms with van der Waals surface area (Å²) in [5.74, 6) is -2.94. The van der Waals surface area contributed by atoms with Crippen molar-refractivity contribution < 1.29 is 34.8 Å². The van der Waals surface area contributed by atoms with Gasteiger partial charge in [-0.05, 0) is 77.0 Å². The standard InChI is InChI=1S/C28H39F3N4O5S2/c1-17-7-10-22(11-8-17)42(39,40)35-26(23-12-9-19(15-32)13-25(23)41(3,37)38)24(16-33)18(2)34(27(35)36)21-6-4-5-20(14-21)28(29,30)31/h17,19-23,25-26H,4-14H2,1-3H3/t17?,19?,20?,21?,22?,23?,25?,26-/m1/s1. The monoisotopic (exact) mass is 632 g/mol. The van der Waals surface area contributed by atoms with Gasteiger partial charge in [0.2, 0.25) is 10.0 Å². The van der Waals surface area contributed by atoms with Crippen LogP contribution in [0.2, 0.25) is 0 Å². The summed E-state index contributed by atoms with van der Waals surface area (Å²) in [6.45, 7) is 3.44. The Balaban J connectivity index is 1.87. The molecule has 5 unspecified atom stereocenters. The molecule has 1 aliphatic heterocycles. The number of allylic oxidation sites excluding steroid dienone is 1. The molecule has 3 fully saturated rings. The van der Waals surface area contributed by atoms with Crippen LogP contribution in [0, 0.1) is 46.3 Å². The lowest BCUT2D eigenvalue weighted by molar-refractivity contribution is -0.185. The quantitative estimate of drug-likeness (QED) is 0.402. The zero-order valence-corrected chi connectivity index (χ0v) is 25.8. The lowest BCUT2D eigenvalue weighted by Gasteiger charge is -2.50. The molecule has 0 radical (unpaired) electrons. The summed E-state index contributed by atoms with van der Waals surface area (Å²) in [4.78, 5) is 15.4. The number of amides is 2. The van der Waals surface area contributed by atoms with Crippen molar-refractivity contribution >= 4 is 25.9 Å². The predicted molar refractivity (Wildman–Crippen MR) is 148 cm³/mol. The third-order valence-corrected chi connectivity index (χ3v) is 13.8. The summed E-state index contributed by atoms with van der Waals surface area (Å²) in [5, 5.41) is 17.8. The lowest BCUT2D eigenvalue weighted by atomic mass is 9.75. The van der Waals surface area contributed by atoms with Gasteiger partial charge in [0.05, 0.1) is 40.2 Å². The van der Waals surface area contributed by atoms with Crippen molar-refractivity contribution in [3.8, 4) is 12.1 Å². The first-order chi connectivity index (χ1) is 19.5. The van der Waals surface area contributed by atoms with Crippen molar-refractivity contribution in [3.63, 3.8) is 0 Å². The Labute approximate surface area is 246 Å². The molecule has 1 heterocycles. The minimum Gasteiger partial charge on any atom is -0.293 e. The number of rotatable bonds is 5. The minimum atomic E-state index is -4.48. The molecule has 0 N–H and O–H groups in total. The van der Waals surface area contributed by atoms with E-state index in [2.05, 4.69) is 6.07 Å². The molecule has 4 rings (SSSR count). The number of hydrogen-bond donors (Lipinski definition) is 0. The second kappa shape index (κ2) is 12.0. The summed E-state index contributed by atoms with van der Waals surface area (Å²) >= 11 is 0. The van der Waals surface area contributed by atoms with Crippen LogP contribution in [0.25, 0.3) is 0 Å². The van der Waals surface area contributed by atoms with E-state index in [9.17, 15) is 45.3 Å². The molecular formula is C28H39F3N4O5S2. The van der Waals surface area contributed by atoms with Crippen molar-refractivity contribution in [3.05, 3.63) is 11.3 Å². The van der Waals surface area contributed by atoms with Gasteiger partial charge in [-0.15, -0.1) is 0 Å². The van der Waals surface area contributed by atoms with E-state index in [4.69, 9.17) is 0 Å². The molecular weight excluding hydrogens is 593 g/mol. The number of sulfone groups is 1. The number of nitriles is 2. The first-order valence-electron chi connectivity index (χ1n) is 14.6. The van der Waals surface area contributed by atoms with Crippen LogP contribution in [0.4, 0.5) is 18.0 Å². The predicted octanol–water partition coefficient (Wildman–Crippen LogP) is 5.27. The van der Waals surface area contributed by atoms with Gasteiger partial charge in [-0.1, -0.05) is 13.3 Å². The van der Waals surface area contributed by atoms with Gasteiger partial charge >= 0.3 is 12.2 Å². The smallest absolute Gasteiger partial charge is 0.293 e. The summed E-state index contributed by atoms with van der Waals surface area (Å²) in [7, 11) is -8.30. The van der Waals surface area contributed by atoms with E-state index in [1.54, 1.807) is 0 Å². The topological polar surface area (TPSA) is 139 Å². The number of carbonyl (C=O) groups excluding carboxylic acids is 1. The molecule has 4 aliphatic rings. The fraction of sp³-hybridized carbons (Fsp3) is 0.821. The second-order valence-corrected chi connectivity index (χ2v) is 17.0. The van der Waals surface area contributed by atoms with Crippen LogP contribution in [0.1, 0.15) is 84.5 Å². The number of sulfonamides is 1. The number of hydrogen-bond acceptors (Lipinski definition) is 7. The number of nitrogens with zero attached hydrogens (tertiary/aromatic N) is 4.